The molecule has 2 fully saturated rings. The van der Waals surface area contributed by atoms with Crippen LogP contribution in [-0.4, -0.2) is 41.2 Å². The summed E-state index contributed by atoms with van der Waals surface area (Å²) >= 11 is 0. The normalized spacial score (nSPS) is 37.8. The maximum absolute atomic E-state index is 11.7. The van der Waals surface area contributed by atoms with Crippen molar-refractivity contribution in [3.63, 3.8) is 0 Å². The van der Waals surface area contributed by atoms with Crippen LogP contribution in [0.3, 0.4) is 0 Å². The van der Waals surface area contributed by atoms with Gasteiger partial charge in [-0.15, -0.1) is 0 Å². The molecular weight excluding hydrogens is 264 g/mol. The first-order valence-electron chi connectivity index (χ1n) is 6.87. The van der Waals surface area contributed by atoms with E-state index in [4.69, 9.17) is 9.84 Å². The number of carbonyl (C=O) groups is 2. The Morgan fingerprint density at radius 2 is 1.90 bits per heavy atom. The fraction of sp³-hybridized carbons (Fsp3) is 0.857. The monoisotopic (exact) mass is 286 g/mol. The molecule has 6 heteroatoms. The summed E-state index contributed by atoms with van der Waals surface area (Å²) < 4.78 is 9.72. The number of aliphatic hydroxyl groups is 2. The topological polar surface area (TPSA) is 93.1 Å². The van der Waals surface area contributed by atoms with E-state index in [1.54, 1.807) is 0 Å². The average molecular weight is 286 g/mol. The van der Waals surface area contributed by atoms with Gasteiger partial charge in [-0.25, -0.2) is 9.59 Å². The van der Waals surface area contributed by atoms with Crippen molar-refractivity contribution in [2.24, 2.45) is 16.7 Å². The number of fused-ring (bicyclic) bond motifs is 2. The third-order valence-electron chi connectivity index (χ3n) is 5.58. The predicted octanol–water partition coefficient (Wildman–Crippen LogP) is 0.600. The number of aliphatic hydroxyl groups excluding tert-OH is 1. The fourth-order valence-electron chi connectivity index (χ4n) is 3.77. The molecule has 20 heavy (non-hydrogen) atoms. The Hall–Kier alpha value is -1.14. The molecule has 114 valence electrons. The van der Waals surface area contributed by atoms with E-state index in [9.17, 15) is 14.7 Å². The van der Waals surface area contributed by atoms with E-state index in [2.05, 4.69) is 18.6 Å². The van der Waals surface area contributed by atoms with Gasteiger partial charge in [-0.05, 0) is 24.2 Å². The molecule has 3 unspecified atom stereocenters. The maximum atomic E-state index is 11.7. The highest BCUT2D eigenvalue weighted by molar-refractivity contribution is 5.77. The Kier molecular flexibility index (Phi) is 3.59. The molecule has 0 saturated heterocycles. The summed E-state index contributed by atoms with van der Waals surface area (Å²) in [5.74, 6) is -2.89. The van der Waals surface area contributed by atoms with Crippen LogP contribution in [0.2, 0.25) is 0 Å². The standard InChI is InChI=1S/C14H22O6/c1-12(2)9-4-5-13(12,3)14(18,6-9)20-11(17)8-19-10(16)7-15/h9,15,18H,4-8H2,1-3H3. The third kappa shape index (κ3) is 2.02. The van der Waals surface area contributed by atoms with Gasteiger partial charge in [0, 0.05) is 11.8 Å². The SMILES string of the molecule is CC1(C)C2CCC1(C)C(O)(OC(=O)COC(=O)CO)C2. The van der Waals surface area contributed by atoms with Gasteiger partial charge in [0.25, 0.3) is 0 Å². The molecule has 6 nitrogen and oxygen atoms in total. The van der Waals surface area contributed by atoms with Crippen LogP contribution in [0.25, 0.3) is 0 Å². The van der Waals surface area contributed by atoms with Crippen molar-refractivity contribution < 1.29 is 29.3 Å². The van der Waals surface area contributed by atoms with Gasteiger partial charge in [-0.1, -0.05) is 20.8 Å². The summed E-state index contributed by atoms with van der Waals surface area (Å²) in [5, 5.41) is 19.2. The molecule has 2 aliphatic rings. The van der Waals surface area contributed by atoms with Crippen LogP contribution < -0.4 is 0 Å². The van der Waals surface area contributed by atoms with Crippen molar-refractivity contribution >= 4 is 11.9 Å². The Bertz CT molecular complexity index is 431. The van der Waals surface area contributed by atoms with Crippen molar-refractivity contribution in [3.05, 3.63) is 0 Å². The second-order valence-electron chi connectivity index (χ2n) is 6.57. The summed E-state index contributed by atoms with van der Waals surface area (Å²) in [6, 6.07) is 0. The van der Waals surface area contributed by atoms with Crippen LogP contribution in [-0.2, 0) is 19.1 Å². The van der Waals surface area contributed by atoms with Crippen molar-refractivity contribution in [2.45, 2.75) is 45.8 Å². The van der Waals surface area contributed by atoms with Crippen LogP contribution >= 0.6 is 0 Å². The third-order valence-corrected chi connectivity index (χ3v) is 5.58. The highest BCUT2D eigenvalue weighted by atomic mass is 16.7. The molecule has 2 rings (SSSR count). The summed E-state index contributed by atoms with van der Waals surface area (Å²) in [7, 11) is 0. The zero-order chi connectivity index (χ0) is 15.2. The zero-order valence-corrected chi connectivity index (χ0v) is 12.1. The van der Waals surface area contributed by atoms with Crippen molar-refractivity contribution in [1.82, 2.24) is 0 Å². The molecule has 2 aliphatic carbocycles. The number of hydrogen-bond donors (Lipinski definition) is 2. The second kappa shape index (κ2) is 4.70. The minimum atomic E-state index is -1.51. The van der Waals surface area contributed by atoms with Crippen molar-refractivity contribution in [3.8, 4) is 0 Å². The number of rotatable bonds is 4. The Balaban J connectivity index is 2.03. The average Bonchev–Trinajstić information content (AvgIpc) is 2.67. The number of hydrogen-bond acceptors (Lipinski definition) is 6. The lowest BCUT2D eigenvalue weighted by atomic mass is 9.68. The molecular formula is C14H22O6. The number of carbonyl (C=O) groups excluding carboxylic acids is 2. The van der Waals surface area contributed by atoms with E-state index in [1.807, 2.05) is 6.92 Å². The smallest absolute Gasteiger partial charge is 0.346 e. The van der Waals surface area contributed by atoms with Crippen LogP contribution in [0, 0.1) is 16.7 Å². The van der Waals surface area contributed by atoms with Crippen molar-refractivity contribution in [1.29, 1.82) is 0 Å². The Morgan fingerprint density at radius 3 is 2.35 bits per heavy atom. The van der Waals surface area contributed by atoms with Gasteiger partial charge >= 0.3 is 11.9 Å². The molecule has 0 heterocycles. The summed E-state index contributed by atoms with van der Waals surface area (Å²) in [5.41, 5.74) is -0.606. The molecule has 0 aromatic carbocycles. The lowest BCUT2D eigenvalue weighted by molar-refractivity contribution is -0.262. The van der Waals surface area contributed by atoms with Gasteiger partial charge < -0.3 is 19.7 Å². The lowest BCUT2D eigenvalue weighted by Crippen LogP contribution is -2.50. The first-order valence-corrected chi connectivity index (χ1v) is 6.87. The molecule has 2 bridgehead atoms. The zero-order valence-electron chi connectivity index (χ0n) is 12.1. The fourth-order valence-corrected chi connectivity index (χ4v) is 3.77. The van der Waals surface area contributed by atoms with E-state index >= 15 is 0 Å². The molecule has 2 N–H and O–H groups in total. The van der Waals surface area contributed by atoms with Gasteiger partial charge in [0.05, 0.1) is 0 Å². The Morgan fingerprint density at radius 1 is 1.25 bits per heavy atom. The highest BCUT2D eigenvalue weighted by Crippen LogP contribution is 2.69. The van der Waals surface area contributed by atoms with Crippen LogP contribution in [0.5, 0.6) is 0 Å². The molecule has 0 spiro atoms. The molecule has 0 aromatic heterocycles. The minimum Gasteiger partial charge on any atom is -0.452 e. The number of ether oxygens (including phenoxy) is 2. The van der Waals surface area contributed by atoms with E-state index in [-0.39, 0.29) is 5.41 Å². The second-order valence-corrected chi connectivity index (χ2v) is 6.57. The summed E-state index contributed by atoms with van der Waals surface area (Å²) in [6.07, 6.45) is 2.23. The van der Waals surface area contributed by atoms with Gasteiger partial charge in [0.15, 0.2) is 6.61 Å². The summed E-state index contributed by atoms with van der Waals surface area (Å²) in [6.45, 7) is 4.73. The molecule has 0 radical (unpaired) electrons. The molecule has 2 saturated carbocycles. The van der Waals surface area contributed by atoms with Gasteiger partial charge in [0.1, 0.15) is 6.61 Å². The maximum Gasteiger partial charge on any atom is 0.346 e. The largest absolute Gasteiger partial charge is 0.452 e. The first-order chi connectivity index (χ1) is 9.16. The molecule has 0 aromatic rings. The molecule has 0 aliphatic heterocycles. The van der Waals surface area contributed by atoms with Gasteiger partial charge in [0.2, 0.25) is 5.79 Å². The van der Waals surface area contributed by atoms with Gasteiger partial charge in [-0.3, -0.25) is 0 Å². The molecule has 3 atom stereocenters. The van der Waals surface area contributed by atoms with E-state index in [0.29, 0.717) is 12.3 Å². The Labute approximate surface area is 118 Å². The van der Waals surface area contributed by atoms with Crippen LogP contribution in [0.1, 0.15) is 40.0 Å². The number of esters is 2. The van der Waals surface area contributed by atoms with E-state index in [1.165, 1.54) is 0 Å². The van der Waals surface area contributed by atoms with E-state index in [0.717, 1.165) is 12.8 Å². The van der Waals surface area contributed by atoms with Crippen molar-refractivity contribution in [2.75, 3.05) is 13.2 Å². The molecule has 0 amide bonds. The minimum absolute atomic E-state index is 0.107. The quantitative estimate of drug-likeness (QED) is 0.580. The lowest BCUT2D eigenvalue weighted by Gasteiger charge is -2.43. The van der Waals surface area contributed by atoms with Crippen LogP contribution in [0.15, 0.2) is 0 Å². The van der Waals surface area contributed by atoms with E-state index < -0.39 is 36.4 Å². The summed E-state index contributed by atoms with van der Waals surface area (Å²) in [4.78, 5) is 22.5. The first kappa shape index (κ1) is 15.3. The predicted molar refractivity (Wildman–Crippen MR) is 68.3 cm³/mol. The van der Waals surface area contributed by atoms with Gasteiger partial charge in [-0.2, -0.15) is 0 Å². The highest BCUT2D eigenvalue weighted by Gasteiger charge is 2.70. The van der Waals surface area contributed by atoms with Crippen LogP contribution in [0.4, 0.5) is 0 Å².